The van der Waals surface area contributed by atoms with Gasteiger partial charge in [0.1, 0.15) is 0 Å². The molecule has 116 valence electrons. The van der Waals surface area contributed by atoms with Crippen molar-refractivity contribution in [3.05, 3.63) is 10.4 Å². The fourth-order valence-electron chi connectivity index (χ4n) is 1.40. The Labute approximate surface area is 122 Å². The minimum atomic E-state index is -2.04. The summed E-state index contributed by atoms with van der Waals surface area (Å²) in [5, 5.41) is 3.60. The maximum atomic E-state index is 11.9. The molecule has 2 atom stereocenters. The van der Waals surface area contributed by atoms with Gasteiger partial charge in [0.05, 0.1) is 25.2 Å². The molecule has 0 aliphatic rings. The molecule has 0 aromatic heterocycles. The van der Waals surface area contributed by atoms with Crippen molar-refractivity contribution >= 4 is 14.3 Å². The fraction of sp³-hybridized carbons (Fsp3) is 0.923. The van der Waals surface area contributed by atoms with Gasteiger partial charge in [-0.1, -0.05) is 25.9 Å². The molecule has 0 aromatic carbocycles. The first-order chi connectivity index (χ1) is 9.06. The Morgan fingerprint density at radius 2 is 1.95 bits per heavy atom. The lowest BCUT2D eigenvalue weighted by atomic mass is 10.1. The number of nitrogens with zero attached hydrogens (tertiary/aromatic N) is 3. The molecule has 0 bridgehead atoms. The molecule has 0 aliphatic heterocycles. The lowest BCUT2D eigenvalue weighted by Gasteiger charge is -2.40. The van der Waals surface area contributed by atoms with Crippen molar-refractivity contribution in [2.24, 2.45) is 11.0 Å². The molecule has 0 rings (SSSR count). The SMILES string of the molecule is CCOC(=O)[C@H](C)[C@@H](CN=[N+]=[N-])O[Si](C)(C)C(C)(C)C. The highest BCUT2D eigenvalue weighted by molar-refractivity contribution is 6.74. The molecule has 0 spiro atoms. The lowest BCUT2D eigenvalue weighted by molar-refractivity contribution is -0.150. The van der Waals surface area contributed by atoms with Gasteiger partial charge in [0.25, 0.3) is 0 Å². The summed E-state index contributed by atoms with van der Waals surface area (Å²) >= 11 is 0. The van der Waals surface area contributed by atoms with Crippen LogP contribution in [0.2, 0.25) is 18.1 Å². The van der Waals surface area contributed by atoms with Gasteiger partial charge >= 0.3 is 5.97 Å². The average Bonchev–Trinajstić information content (AvgIpc) is 2.32. The topological polar surface area (TPSA) is 84.3 Å². The van der Waals surface area contributed by atoms with E-state index in [0.29, 0.717) is 6.61 Å². The molecule has 6 nitrogen and oxygen atoms in total. The summed E-state index contributed by atoms with van der Waals surface area (Å²) in [5.74, 6) is -0.765. The van der Waals surface area contributed by atoms with Crippen LogP contribution in [0.1, 0.15) is 34.6 Å². The Hall–Kier alpha value is -1.04. The third-order valence-corrected chi connectivity index (χ3v) is 8.30. The summed E-state index contributed by atoms with van der Waals surface area (Å²) in [5.41, 5.74) is 8.50. The molecule has 0 aromatic rings. The molecule has 0 aliphatic carbocycles. The fourth-order valence-corrected chi connectivity index (χ4v) is 2.78. The van der Waals surface area contributed by atoms with E-state index in [0.717, 1.165) is 0 Å². The molecule has 20 heavy (non-hydrogen) atoms. The molecule has 0 saturated heterocycles. The van der Waals surface area contributed by atoms with E-state index in [-0.39, 0.29) is 17.6 Å². The van der Waals surface area contributed by atoms with Crippen LogP contribution in [-0.4, -0.2) is 33.5 Å². The maximum Gasteiger partial charge on any atom is 0.311 e. The Morgan fingerprint density at radius 1 is 1.40 bits per heavy atom. The number of carbonyl (C=O) groups excluding carboxylic acids is 1. The smallest absolute Gasteiger partial charge is 0.311 e. The number of ether oxygens (including phenoxy) is 1. The van der Waals surface area contributed by atoms with Crippen LogP contribution in [0.4, 0.5) is 0 Å². The lowest BCUT2D eigenvalue weighted by Crippen LogP contribution is -2.47. The second-order valence-electron chi connectivity index (χ2n) is 6.37. The van der Waals surface area contributed by atoms with Crippen molar-refractivity contribution in [2.45, 2.75) is 58.9 Å². The van der Waals surface area contributed by atoms with E-state index in [1.807, 2.05) is 0 Å². The molecule has 0 unspecified atom stereocenters. The van der Waals surface area contributed by atoms with E-state index in [2.05, 4.69) is 43.9 Å². The van der Waals surface area contributed by atoms with Crippen LogP contribution in [0, 0.1) is 5.92 Å². The van der Waals surface area contributed by atoms with Gasteiger partial charge in [0, 0.05) is 4.91 Å². The maximum absolute atomic E-state index is 11.9. The first kappa shape index (κ1) is 19.0. The monoisotopic (exact) mass is 301 g/mol. The second-order valence-corrected chi connectivity index (χ2v) is 11.1. The van der Waals surface area contributed by atoms with E-state index in [1.54, 1.807) is 13.8 Å². The van der Waals surface area contributed by atoms with Crippen molar-refractivity contribution in [1.82, 2.24) is 0 Å². The van der Waals surface area contributed by atoms with Crippen molar-refractivity contribution in [3.63, 3.8) is 0 Å². The first-order valence-electron chi connectivity index (χ1n) is 6.92. The number of hydrogen-bond donors (Lipinski definition) is 0. The summed E-state index contributed by atoms with van der Waals surface area (Å²) in [6, 6.07) is 0. The molecule has 0 fully saturated rings. The minimum Gasteiger partial charge on any atom is -0.466 e. The predicted octanol–water partition coefficient (Wildman–Crippen LogP) is 3.89. The Kier molecular flexibility index (Phi) is 7.26. The van der Waals surface area contributed by atoms with Gasteiger partial charge in [-0.15, -0.1) is 0 Å². The Bertz CT molecular complexity index is 374. The quantitative estimate of drug-likeness (QED) is 0.235. The summed E-state index contributed by atoms with van der Waals surface area (Å²) in [7, 11) is -2.04. The number of esters is 1. The largest absolute Gasteiger partial charge is 0.466 e. The van der Waals surface area contributed by atoms with Crippen LogP contribution < -0.4 is 0 Å². The Balaban J connectivity index is 5.07. The summed E-state index contributed by atoms with van der Waals surface area (Å²) in [6.07, 6.45) is -0.439. The van der Waals surface area contributed by atoms with Crippen LogP contribution in [0.3, 0.4) is 0 Å². The molecular weight excluding hydrogens is 274 g/mol. The number of carbonyl (C=O) groups is 1. The molecule has 0 N–H and O–H groups in total. The highest BCUT2D eigenvalue weighted by Crippen LogP contribution is 2.38. The van der Waals surface area contributed by atoms with E-state index < -0.39 is 20.3 Å². The second kappa shape index (κ2) is 7.66. The van der Waals surface area contributed by atoms with E-state index in [9.17, 15) is 4.79 Å². The van der Waals surface area contributed by atoms with Gasteiger partial charge in [-0.2, -0.15) is 0 Å². The third kappa shape index (κ3) is 5.52. The van der Waals surface area contributed by atoms with E-state index in [1.165, 1.54) is 0 Å². The number of hydrogen-bond acceptors (Lipinski definition) is 4. The zero-order valence-corrected chi connectivity index (χ0v) is 14.6. The van der Waals surface area contributed by atoms with E-state index >= 15 is 0 Å². The van der Waals surface area contributed by atoms with Gasteiger partial charge in [-0.05, 0) is 37.5 Å². The zero-order valence-electron chi connectivity index (χ0n) is 13.6. The van der Waals surface area contributed by atoms with Crippen LogP contribution in [0.25, 0.3) is 10.4 Å². The number of rotatable bonds is 7. The zero-order chi connectivity index (χ0) is 16.0. The van der Waals surface area contributed by atoms with Crippen LogP contribution in [0.15, 0.2) is 5.11 Å². The molecule has 0 amide bonds. The third-order valence-electron chi connectivity index (χ3n) is 3.79. The normalized spacial score (nSPS) is 15.2. The molecular formula is C13H27N3O3Si. The van der Waals surface area contributed by atoms with Gasteiger partial charge < -0.3 is 9.16 Å². The first-order valence-corrected chi connectivity index (χ1v) is 9.83. The molecule has 0 saturated carbocycles. The summed E-state index contributed by atoms with van der Waals surface area (Å²) in [4.78, 5) is 14.6. The molecule has 0 radical (unpaired) electrons. The van der Waals surface area contributed by atoms with E-state index in [4.69, 9.17) is 14.7 Å². The van der Waals surface area contributed by atoms with Crippen molar-refractivity contribution in [2.75, 3.05) is 13.2 Å². The highest BCUT2D eigenvalue weighted by atomic mass is 28.4. The number of azide groups is 1. The molecule has 7 heteroatoms. The average molecular weight is 301 g/mol. The van der Waals surface area contributed by atoms with Gasteiger partial charge in [-0.3, -0.25) is 4.79 Å². The van der Waals surface area contributed by atoms with Crippen LogP contribution in [0.5, 0.6) is 0 Å². The summed E-state index contributed by atoms with van der Waals surface area (Å²) in [6.45, 7) is 14.6. The minimum absolute atomic E-state index is 0.0238. The summed E-state index contributed by atoms with van der Waals surface area (Å²) < 4.78 is 11.2. The standard InChI is InChI=1S/C13H27N3O3Si/c1-8-18-12(17)10(2)11(9-15-16-14)19-20(6,7)13(3,4)5/h10-11H,8-9H2,1-7H3/t10-,11-/m1/s1. The van der Waals surface area contributed by atoms with Crippen LogP contribution in [-0.2, 0) is 14.0 Å². The highest BCUT2D eigenvalue weighted by Gasteiger charge is 2.41. The van der Waals surface area contributed by atoms with Crippen LogP contribution >= 0.6 is 0 Å². The molecule has 0 heterocycles. The Morgan fingerprint density at radius 3 is 2.35 bits per heavy atom. The predicted molar refractivity (Wildman–Crippen MR) is 81.9 cm³/mol. The van der Waals surface area contributed by atoms with Gasteiger partial charge in [-0.25, -0.2) is 0 Å². The van der Waals surface area contributed by atoms with Crippen molar-refractivity contribution < 1.29 is 14.0 Å². The van der Waals surface area contributed by atoms with Crippen molar-refractivity contribution in [1.29, 1.82) is 0 Å². The van der Waals surface area contributed by atoms with Gasteiger partial charge in [0.2, 0.25) is 0 Å². The van der Waals surface area contributed by atoms with Crippen molar-refractivity contribution in [3.8, 4) is 0 Å². The van der Waals surface area contributed by atoms with Gasteiger partial charge in [0.15, 0.2) is 8.32 Å².